The van der Waals surface area contributed by atoms with E-state index in [9.17, 15) is 15.3 Å². The Balaban J connectivity index is 1.61. The Morgan fingerprint density at radius 3 is 2.15 bits per heavy atom. The minimum Gasteiger partial charge on any atom is -0.393 e. The largest absolute Gasteiger partial charge is 0.393 e. The highest BCUT2D eigenvalue weighted by Gasteiger charge is 2.71. The monoisotopic (exact) mass is 458 g/mol. The summed E-state index contributed by atoms with van der Waals surface area (Å²) in [6.45, 7) is 19.0. The summed E-state index contributed by atoms with van der Waals surface area (Å²) in [6, 6.07) is 0. The molecule has 0 aromatic carbocycles. The van der Waals surface area contributed by atoms with Gasteiger partial charge in [0.1, 0.15) is 0 Å². The third-order valence-electron chi connectivity index (χ3n) is 13.2. The van der Waals surface area contributed by atoms with E-state index in [0.717, 1.165) is 44.9 Å². The van der Waals surface area contributed by atoms with Crippen LogP contribution in [0, 0.1) is 56.7 Å². The van der Waals surface area contributed by atoms with Gasteiger partial charge in [-0.3, -0.25) is 0 Å². The number of aliphatic hydroxyl groups excluding tert-OH is 3. The Morgan fingerprint density at radius 2 is 1.52 bits per heavy atom. The predicted octanol–water partition coefficient (Wildman–Crippen LogP) is 5.97. The highest BCUT2D eigenvalue weighted by Crippen LogP contribution is 2.76. The Kier molecular flexibility index (Phi) is 5.23. The summed E-state index contributed by atoms with van der Waals surface area (Å²) < 4.78 is 0. The fraction of sp³-hybridized carbons (Fsp3) is 0.933. The topological polar surface area (TPSA) is 60.7 Å². The van der Waals surface area contributed by atoms with Gasteiger partial charge in [-0.15, -0.1) is 0 Å². The first-order chi connectivity index (χ1) is 15.1. The first kappa shape index (κ1) is 24.3. The highest BCUT2D eigenvalue weighted by atomic mass is 16.3. The van der Waals surface area contributed by atoms with Crippen LogP contribution in [0.3, 0.4) is 0 Å². The van der Waals surface area contributed by atoms with E-state index < -0.39 is 0 Å². The average Bonchev–Trinajstić information content (AvgIpc) is 3.00. The van der Waals surface area contributed by atoms with Gasteiger partial charge >= 0.3 is 0 Å². The molecule has 188 valence electrons. The molecule has 0 spiro atoms. The van der Waals surface area contributed by atoms with Gasteiger partial charge in [0.2, 0.25) is 0 Å². The quantitative estimate of drug-likeness (QED) is 0.425. The van der Waals surface area contributed by atoms with Crippen molar-refractivity contribution in [1.29, 1.82) is 0 Å². The minimum absolute atomic E-state index is 0.00883. The average molecular weight is 459 g/mol. The molecule has 0 unspecified atom stereocenters. The summed E-state index contributed by atoms with van der Waals surface area (Å²) >= 11 is 0. The first-order valence-corrected chi connectivity index (χ1v) is 13.9. The molecule has 0 aliphatic heterocycles. The zero-order valence-electron chi connectivity index (χ0n) is 22.5. The van der Waals surface area contributed by atoms with Crippen LogP contribution >= 0.6 is 0 Å². The Labute approximate surface area is 202 Å². The van der Waals surface area contributed by atoms with Crippen LogP contribution in [0.4, 0.5) is 0 Å². The molecule has 5 aliphatic carbocycles. The molecule has 11 atom stereocenters. The lowest BCUT2D eigenvalue weighted by Gasteiger charge is -2.70. The van der Waals surface area contributed by atoms with Crippen molar-refractivity contribution in [1.82, 2.24) is 0 Å². The lowest BCUT2D eigenvalue weighted by Crippen LogP contribution is -2.66. The van der Waals surface area contributed by atoms with E-state index in [1.807, 2.05) is 0 Å². The van der Waals surface area contributed by atoms with Crippen LogP contribution < -0.4 is 0 Å². The van der Waals surface area contributed by atoms with Crippen LogP contribution in [0.25, 0.3) is 0 Å². The van der Waals surface area contributed by atoms with E-state index in [1.165, 1.54) is 5.57 Å². The second kappa shape index (κ2) is 7.10. The van der Waals surface area contributed by atoms with Crippen molar-refractivity contribution in [2.45, 2.75) is 119 Å². The van der Waals surface area contributed by atoms with Crippen molar-refractivity contribution >= 4 is 0 Å². The molecule has 0 aromatic rings. The summed E-state index contributed by atoms with van der Waals surface area (Å²) in [6.07, 6.45) is 8.51. The zero-order valence-corrected chi connectivity index (χ0v) is 22.5. The Morgan fingerprint density at radius 1 is 0.848 bits per heavy atom. The molecular formula is C30H50O3. The molecule has 0 aromatic heterocycles. The highest BCUT2D eigenvalue weighted by molar-refractivity contribution is 5.35. The first-order valence-electron chi connectivity index (χ1n) is 13.9. The number of hydrogen-bond donors (Lipinski definition) is 3. The number of allylic oxidation sites excluding steroid dienone is 1. The molecule has 5 rings (SSSR count). The molecular weight excluding hydrogens is 408 g/mol. The third-order valence-corrected chi connectivity index (χ3v) is 13.2. The molecule has 3 nitrogen and oxygen atoms in total. The fourth-order valence-corrected chi connectivity index (χ4v) is 11.2. The van der Waals surface area contributed by atoms with Gasteiger partial charge < -0.3 is 15.3 Å². The zero-order chi connectivity index (χ0) is 24.4. The van der Waals surface area contributed by atoms with E-state index in [2.05, 4.69) is 61.5 Å². The van der Waals surface area contributed by atoms with Gasteiger partial charge in [0.05, 0.1) is 18.3 Å². The van der Waals surface area contributed by atoms with Crippen LogP contribution in [0.1, 0.15) is 100 Å². The molecule has 3 N–H and O–H groups in total. The fourth-order valence-electron chi connectivity index (χ4n) is 11.2. The van der Waals surface area contributed by atoms with Crippen LogP contribution in [-0.2, 0) is 0 Å². The van der Waals surface area contributed by atoms with Gasteiger partial charge in [0, 0.05) is 5.92 Å². The van der Waals surface area contributed by atoms with Crippen molar-refractivity contribution in [3.63, 3.8) is 0 Å². The van der Waals surface area contributed by atoms with Crippen LogP contribution in [-0.4, -0.2) is 33.6 Å². The minimum atomic E-state index is -0.368. The molecule has 0 saturated heterocycles. The lowest BCUT2D eigenvalue weighted by atomic mass is 9.35. The lowest BCUT2D eigenvalue weighted by molar-refractivity contribution is -0.202. The van der Waals surface area contributed by atoms with Gasteiger partial charge in [-0.05, 0) is 95.7 Å². The maximum absolute atomic E-state index is 11.8. The van der Waals surface area contributed by atoms with E-state index >= 15 is 0 Å². The SMILES string of the molecule is CC(C)[C@@H]1C[C@@H](O)[C@H]2[C@@]1(C)CC[C@@]1(C)[C@H]3C(=CC[C@]21C)[C@@]1(C)CC[C@H](O)C(C)(C)[C@H]1C[C@@H]3O. The predicted molar refractivity (Wildman–Crippen MR) is 133 cm³/mol. The van der Waals surface area contributed by atoms with Crippen molar-refractivity contribution in [2.24, 2.45) is 56.7 Å². The van der Waals surface area contributed by atoms with Crippen LogP contribution in [0.5, 0.6) is 0 Å². The van der Waals surface area contributed by atoms with Crippen molar-refractivity contribution < 1.29 is 15.3 Å². The Bertz CT molecular complexity index is 845. The van der Waals surface area contributed by atoms with Crippen molar-refractivity contribution in [3.05, 3.63) is 11.6 Å². The summed E-state index contributed by atoms with van der Waals surface area (Å²) in [5.74, 6) is 1.92. The second-order valence-corrected chi connectivity index (χ2v) is 15.0. The standard InChI is InChI=1S/C30H50O3/c1-17(2)19-15-21(32)25-28(19,6)13-14-29(7)24-18(9-12-30(25,29)8)27(5)11-10-23(33)26(3,4)22(27)16-20(24)31/h9,17,19-25,31-33H,10-16H2,1-8H3/t19-,20-,21+,22+,23-,24-,25-,27+,28-,29-,30+/m0/s1. The molecule has 4 fully saturated rings. The molecule has 4 saturated carbocycles. The van der Waals surface area contributed by atoms with Crippen LogP contribution in [0.2, 0.25) is 0 Å². The summed E-state index contributed by atoms with van der Waals surface area (Å²) in [7, 11) is 0. The van der Waals surface area contributed by atoms with Crippen molar-refractivity contribution in [2.75, 3.05) is 0 Å². The third kappa shape index (κ3) is 2.80. The molecule has 0 radical (unpaired) electrons. The maximum atomic E-state index is 11.8. The maximum Gasteiger partial charge on any atom is 0.0614 e. The summed E-state index contributed by atoms with van der Waals surface area (Å²) in [5.41, 5.74) is 1.51. The van der Waals surface area contributed by atoms with Gasteiger partial charge in [-0.2, -0.15) is 0 Å². The molecule has 0 heterocycles. The summed E-state index contributed by atoms with van der Waals surface area (Å²) in [5, 5.41) is 34.2. The van der Waals surface area contributed by atoms with E-state index in [-0.39, 0.29) is 57.2 Å². The smallest absolute Gasteiger partial charge is 0.0614 e. The van der Waals surface area contributed by atoms with Crippen molar-refractivity contribution in [3.8, 4) is 0 Å². The molecule has 3 heteroatoms. The Hall–Kier alpha value is -0.380. The number of aliphatic hydroxyl groups is 3. The molecule has 5 aliphatic rings. The molecule has 0 bridgehead atoms. The van der Waals surface area contributed by atoms with Gasteiger partial charge in [-0.25, -0.2) is 0 Å². The van der Waals surface area contributed by atoms with Gasteiger partial charge in [0.25, 0.3) is 0 Å². The molecule has 33 heavy (non-hydrogen) atoms. The van der Waals surface area contributed by atoms with Gasteiger partial charge in [0.15, 0.2) is 0 Å². The number of rotatable bonds is 1. The van der Waals surface area contributed by atoms with Gasteiger partial charge in [-0.1, -0.05) is 67.0 Å². The second-order valence-electron chi connectivity index (χ2n) is 15.0. The van der Waals surface area contributed by atoms with E-state index in [4.69, 9.17) is 0 Å². The van der Waals surface area contributed by atoms with Crippen LogP contribution in [0.15, 0.2) is 11.6 Å². The number of fused-ring (bicyclic) bond motifs is 7. The number of hydrogen-bond acceptors (Lipinski definition) is 3. The van der Waals surface area contributed by atoms with E-state index in [0.29, 0.717) is 17.8 Å². The summed E-state index contributed by atoms with van der Waals surface area (Å²) in [4.78, 5) is 0. The normalized spacial score (nSPS) is 57.6. The molecule has 0 amide bonds. The van der Waals surface area contributed by atoms with E-state index in [1.54, 1.807) is 0 Å².